The van der Waals surface area contributed by atoms with Gasteiger partial charge in [-0.2, -0.15) is 0 Å². The quantitative estimate of drug-likeness (QED) is 0.379. The van der Waals surface area contributed by atoms with Crippen LogP contribution in [0.25, 0.3) is 10.8 Å². The van der Waals surface area contributed by atoms with Gasteiger partial charge in [0.15, 0.2) is 0 Å². The van der Waals surface area contributed by atoms with Crippen LogP contribution in [0.3, 0.4) is 0 Å². The first-order valence-corrected chi connectivity index (χ1v) is 15.0. The van der Waals surface area contributed by atoms with Gasteiger partial charge in [0, 0.05) is 38.1 Å². The van der Waals surface area contributed by atoms with E-state index in [-0.39, 0.29) is 22.7 Å². The average molecular weight is 615 g/mol. The standard InChI is InChI=1S/C27H27Cl3FN3O4S/c1-38-24-8-6-20(16-23(24)33-11-13-34(14-12-33)25(35)27(28,29)30)39(36,37)32-17-26(9-10-26)22-4-2-3-18-15-19(31)5-7-21(18)22/h2-8,15-16,32H,9-14,17H2,1H3. The lowest BCUT2D eigenvalue weighted by atomic mass is 9.91. The van der Waals surface area contributed by atoms with E-state index in [0.717, 1.165) is 29.2 Å². The Bertz CT molecular complexity index is 1520. The van der Waals surface area contributed by atoms with E-state index in [0.29, 0.717) is 37.6 Å². The number of nitrogens with one attached hydrogen (secondary N) is 1. The summed E-state index contributed by atoms with van der Waals surface area (Å²) < 4.78 is 46.9. The van der Waals surface area contributed by atoms with E-state index in [1.165, 1.54) is 30.2 Å². The van der Waals surface area contributed by atoms with E-state index in [9.17, 15) is 17.6 Å². The Morgan fingerprint density at radius 2 is 1.77 bits per heavy atom. The second kappa shape index (κ2) is 10.6. The fraction of sp³-hybridized carbons (Fsp3) is 0.370. The molecule has 1 aliphatic carbocycles. The normalized spacial score (nSPS) is 17.4. The predicted octanol–water partition coefficient (Wildman–Crippen LogP) is 5.02. The second-order valence-electron chi connectivity index (χ2n) is 9.89. The Balaban J connectivity index is 1.34. The molecule has 1 heterocycles. The van der Waals surface area contributed by atoms with E-state index in [1.54, 1.807) is 18.2 Å². The number of fused-ring (bicyclic) bond motifs is 1. The number of amides is 1. The largest absolute Gasteiger partial charge is 0.495 e. The molecule has 39 heavy (non-hydrogen) atoms. The van der Waals surface area contributed by atoms with Crippen LogP contribution in [-0.4, -0.2) is 62.9 Å². The number of alkyl halides is 3. The minimum absolute atomic E-state index is 0.105. The third kappa shape index (κ3) is 5.79. The Kier molecular flexibility index (Phi) is 7.67. The van der Waals surface area contributed by atoms with E-state index in [2.05, 4.69) is 4.72 Å². The molecule has 1 amide bonds. The summed E-state index contributed by atoms with van der Waals surface area (Å²) in [6.45, 7) is 1.66. The van der Waals surface area contributed by atoms with Crippen LogP contribution >= 0.6 is 34.8 Å². The van der Waals surface area contributed by atoms with Crippen molar-refractivity contribution >= 4 is 67.2 Å². The van der Waals surface area contributed by atoms with Crippen molar-refractivity contribution in [1.29, 1.82) is 0 Å². The fourth-order valence-electron chi connectivity index (χ4n) is 5.14. The molecule has 7 nitrogen and oxygen atoms in total. The number of carbonyl (C=O) groups excluding carboxylic acids is 1. The molecule has 5 rings (SSSR count). The van der Waals surface area contributed by atoms with Crippen molar-refractivity contribution in [3.8, 4) is 5.75 Å². The number of benzene rings is 3. The predicted molar refractivity (Wildman–Crippen MR) is 152 cm³/mol. The van der Waals surface area contributed by atoms with E-state index < -0.39 is 19.7 Å². The van der Waals surface area contributed by atoms with Gasteiger partial charge in [-0.15, -0.1) is 0 Å². The molecular formula is C27H27Cl3FN3O4S. The van der Waals surface area contributed by atoms with Crippen molar-refractivity contribution in [1.82, 2.24) is 9.62 Å². The lowest BCUT2D eigenvalue weighted by Crippen LogP contribution is -2.51. The molecule has 208 valence electrons. The first-order chi connectivity index (χ1) is 18.4. The van der Waals surface area contributed by atoms with Gasteiger partial charge in [-0.1, -0.05) is 59.1 Å². The number of piperazine rings is 1. The average Bonchev–Trinajstić information content (AvgIpc) is 3.71. The number of methoxy groups -OCH3 is 1. The molecule has 1 saturated heterocycles. The molecule has 3 aromatic rings. The number of nitrogens with zero attached hydrogens (tertiary/aromatic N) is 2. The van der Waals surface area contributed by atoms with Crippen LogP contribution in [0.1, 0.15) is 18.4 Å². The molecule has 2 aliphatic rings. The SMILES string of the molecule is COc1ccc(S(=O)(=O)NCC2(c3cccc4cc(F)ccc34)CC2)cc1N1CCN(C(=O)C(Cl)(Cl)Cl)CC1. The maximum atomic E-state index is 13.8. The van der Waals surface area contributed by atoms with Crippen LogP contribution in [0.4, 0.5) is 10.1 Å². The third-order valence-electron chi connectivity index (χ3n) is 7.48. The van der Waals surface area contributed by atoms with Crippen molar-refractivity contribution in [3.63, 3.8) is 0 Å². The molecule has 0 unspecified atom stereocenters. The number of hydrogen-bond donors (Lipinski definition) is 1. The minimum atomic E-state index is -3.86. The molecule has 0 aromatic heterocycles. The molecular weight excluding hydrogens is 588 g/mol. The maximum Gasteiger partial charge on any atom is 0.274 e. The van der Waals surface area contributed by atoms with Gasteiger partial charge in [0.05, 0.1) is 17.7 Å². The Morgan fingerprint density at radius 3 is 2.41 bits per heavy atom. The smallest absolute Gasteiger partial charge is 0.274 e. The van der Waals surface area contributed by atoms with Gasteiger partial charge in [-0.05, 0) is 59.5 Å². The second-order valence-corrected chi connectivity index (χ2v) is 13.9. The Hall–Kier alpha value is -2.30. The number of halogens is 4. The molecule has 1 saturated carbocycles. The third-order valence-corrected chi connectivity index (χ3v) is 9.36. The van der Waals surface area contributed by atoms with E-state index in [4.69, 9.17) is 39.5 Å². The van der Waals surface area contributed by atoms with Gasteiger partial charge in [0.1, 0.15) is 11.6 Å². The van der Waals surface area contributed by atoms with Crippen LogP contribution in [0, 0.1) is 5.82 Å². The van der Waals surface area contributed by atoms with Gasteiger partial charge in [-0.25, -0.2) is 17.5 Å². The number of hydrogen-bond acceptors (Lipinski definition) is 5. The van der Waals surface area contributed by atoms with Crippen molar-refractivity contribution in [2.45, 2.75) is 26.9 Å². The molecule has 0 bridgehead atoms. The summed E-state index contributed by atoms with van der Waals surface area (Å²) in [6, 6.07) is 15.1. The zero-order valence-corrected chi connectivity index (χ0v) is 24.2. The fourth-order valence-corrected chi connectivity index (χ4v) is 6.65. The highest BCUT2D eigenvalue weighted by Crippen LogP contribution is 2.50. The van der Waals surface area contributed by atoms with Crippen LogP contribution in [0.5, 0.6) is 5.75 Å². The highest BCUT2D eigenvalue weighted by molar-refractivity contribution is 7.89. The highest BCUT2D eigenvalue weighted by atomic mass is 35.6. The summed E-state index contributed by atoms with van der Waals surface area (Å²) in [5, 5.41) is 1.71. The lowest BCUT2D eigenvalue weighted by molar-refractivity contribution is -0.130. The molecule has 1 aliphatic heterocycles. The number of ether oxygens (including phenoxy) is 1. The van der Waals surface area contributed by atoms with Crippen LogP contribution in [0.2, 0.25) is 0 Å². The van der Waals surface area contributed by atoms with E-state index >= 15 is 0 Å². The van der Waals surface area contributed by atoms with Crippen LogP contribution in [-0.2, 0) is 20.2 Å². The van der Waals surface area contributed by atoms with Crippen molar-refractivity contribution in [2.24, 2.45) is 0 Å². The van der Waals surface area contributed by atoms with Gasteiger partial charge in [-0.3, -0.25) is 4.79 Å². The van der Waals surface area contributed by atoms with Crippen molar-refractivity contribution in [3.05, 3.63) is 66.0 Å². The number of carbonyl (C=O) groups is 1. The minimum Gasteiger partial charge on any atom is -0.495 e. The monoisotopic (exact) mass is 613 g/mol. The molecule has 2 fully saturated rings. The molecule has 0 spiro atoms. The zero-order chi connectivity index (χ0) is 28.0. The maximum absolute atomic E-state index is 13.8. The summed E-state index contributed by atoms with van der Waals surface area (Å²) in [5.74, 6) is -0.388. The lowest BCUT2D eigenvalue weighted by Gasteiger charge is -2.37. The Morgan fingerprint density at radius 1 is 1.05 bits per heavy atom. The van der Waals surface area contributed by atoms with Gasteiger partial charge in [0.2, 0.25) is 10.0 Å². The zero-order valence-electron chi connectivity index (χ0n) is 21.1. The van der Waals surface area contributed by atoms with Crippen LogP contribution < -0.4 is 14.4 Å². The van der Waals surface area contributed by atoms with E-state index in [1.807, 2.05) is 23.1 Å². The van der Waals surface area contributed by atoms with Gasteiger partial charge < -0.3 is 14.5 Å². The number of sulfonamides is 1. The highest BCUT2D eigenvalue weighted by Gasteiger charge is 2.46. The molecule has 0 radical (unpaired) electrons. The topological polar surface area (TPSA) is 79.0 Å². The molecule has 3 aromatic carbocycles. The summed E-state index contributed by atoms with van der Waals surface area (Å²) in [7, 11) is -2.35. The molecule has 1 N–H and O–H groups in total. The van der Waals surface area contributed by atoms with Gasteiger partial charge in [0.25, 0.3) is 9.70 Å². The first-order valence-electron chi connectivity index (χ1n) is 12.4. The molecule has 0 atom stereocenters. The summed E-state index contributed by atoms with van der Waals surface area (Å²) in [4.78, 5) is 15.8. The summed E-state index contributed by atoms with van der Waals surface area (Å²) in [5.41, 5.74) is 1.27. The molecule has 12 heteroatoms. The van der Waals surface area contributed by atoms with Crippen LogP contribution in [0.15, 0.2) is 59.5 Å². The van der Waals surface area contributed by atoms with Gasteiger partial charge >= 0.3 is 0 Å². The number of anilines is 1. The van der Waals surface area contributed by atoms with Crippen molar-refractivity contribution in [2.75, 3.05) is 44.7 Å². The summed E-state index contributed by atoms with van der Waals surface area (Å²) in [6.07, 6.45) is 1.66. The summed E-state index contributed by atoms with van der Waals surface area (Å²) >= 11 is 17.2. The first kappa shape index (κ1) is 28.2. The van der Waals surface area contributed by atoms with Crippen molar-refractivity contribution < 1.29 is 22.3 Å². The Labute approximate surface area is 241 Å². The number of rotatable bonds is 7.